The molecule has 2 aliphatic rings. The molecule has 0 unspecified atom stereocenters. The van der Waals surface area contributed by atoms with Crippen molar-refractivity contribution in [1.29, 1.82) is 5.41 Å². The van der Waals surface area contributed by atoms with Gasteiger partial charge in [-0.3, -0.25) is 10.2 Å². The van der Waals surface area contributed by atoms with Crippen LogP contribution in [-0.4, -0.2) is 61.0 Å². The van der Waals surface area contributed by atoms with E-state index in [1.54, 1.807) is 31.4 Å². The van der Waals surface area contributed by atoms with Gasteiger partial charge in [-0.25, -0.2) is 13.3 Å². The number of carbonyl (C=O) groups excluding carboxylic acids is 1. The van der Waals surface area contributed by atoms with Crippen molar-refractivity contribution in [3.05, 3.63) is 59.7 Å². The van der Waals surface area contributed by atoms with Crippen LogP contribution < -0.4 is 14.2 Å². The van der Waals surface area contributed by atoms with Crippen LogP contribution in [0.3, 0.4) is 0 Å². The van der Waals surface area contributed by atoms with Crippen molar-refractivity contribution in [2.45, 2.75) is 25.5 Å². The van der Waals surface area contributed by atoms with Crippen LogP contribution in [0.1, 0.15) is 25.8 Å². The molecule has 0 atom stereocenters. The number of nitrogens with zero attached hydrogens (tertiary/aromatic N) is 3. The van der Waals surface area contributed by atoms with Crippen LogP contribution >= 0.6 is 11.9 Å². The minimum atomic E-state index is -3.77. The Morgan fingerprint density at radius 2 is 1.73 bits per heavy atom. The van der Waals surface area contributed by atoms with Gasteiger partial charge in [-0.2, -0.15) is 9.39 Å². The summed E-state index contributed by atoms with van der Waals surface area (Å²) in [7, 11) is -2.17. The Labute approximate surface area is 219 Å². The third-order valence-electron chi connectivity index (χ3n) is 5.44. The fourth-order valence-corrected chi connectivity index (χ4v) is 5.45. The average molecular weight is 543 g/mol. The van der Waals surface area contributed by atoms with E-state index in [2.05, 4.69) is 9.39 Å². The molecule has 1 N–H and O–H groups in total. The smallest absolute Gasteiger partial charge is 0.283 e. The number of ether oxygens (including phenoxy) is 3. The van der Waals surface area contributed by atoms with E-state index in [0.717, 1.165) is 16.8 Å². The first-order valence-electron chi connectivity index (χ1n) is 11.4. The summed E-state index contributed by atoms with van der Waals surface area (Å²) in [5.41, 5.74) is 0.607. The van der Waals surface area contributed by atoms with Crippen molar-refractivity contribution in [1.82, 2.24) is 4.90 Å². The molecule has 0 saturated heterocycles. The molecule has 0 bridgehead atoms. The zero-order valence-electron chi connectivity index (χ0n) is 20.5. The van der Waals surface area contributed by atoms with Gasteiger partial charge in [0.05, 0.1) is 43.1 Å². The molecule has 0 saturated carbocycles. The van der Waals surface area contributed by atoms with E-state index in [4.69, 9.17) is 19.6 Å². The minimum Gasteiger partial charge on any atom is -0.493 e. The van der Waals surface area contributed by atoms with Crippen LogP contribution in [0.2, 0.25) is 0 Å². The van der Waals surface area contributed by atoms with E-state index in [0.29, 0.717) is 42.4 Å². The molecule has 0 radical (unpaired) electrons. The van der Waals surface area contributed by atoms with Gasteiger partial charge in [0, 0.05) is 6.42 Å². The quantitative estimate of drug-likeness (QED) is 0.286. The molecule has 194 valence electrons. The maximum absolute atomic E-state index is 12.7. The van der Waals surface area contributed by atoms with E-state index >= 15 is 0 Å². The van der Waals surface area contributed by atoms with Crippen LogP contribution in [0.5, 0.6) is 17.2 Å². The number of hydrogen-bond acceptors (Lipinski definition) is 9. The predicted molar refractivity (Wildman–Crippen MR) is 144 cm³/mol. The predicted octanol–water partition coefficient (Wildman–Crippen LogP) is 3.94. The Balaban J connectivity index is 1.37. The standard InChI is InChI=1S/C25H26N4O6S2/c1-16(2)37(31,32)25-28-36-24-27-23(30)19(22(26)29(24)25)15-17-9-11-18(12-10-17)34-13-6-14-35-21-8-5-4-7-20(21)33-3/h4-5,7-12,15-16,26H,6,13-14H2,1-3H3/b19-15-,26-22?. The number of amidine groups is 3. The Kier molecular flexibility index (Phi) is 7.98. The summed E-state index contributed by atoms with van der Waals surface area (Å²) >= 11 is 0.772. The van der Waals surface area contributed by atoms with E-state index in [1.807, 2.05) is 24.3 Å². The number of nitrogens with one attached hydrogen (secondary N) is 1. The first-order valence-corrected chi connectivity index (χ1v) is 13.8. The fourth-order valence-electron chi connectivity index (χ4n) is 3.39. The summed E-state index contributed by atoms with van der Waals surface area (Å²) in [4.78, 5) is 17.6. The second-order valence-electron chi connectivity index (χ2n) is 8.27. The van der Waals surface area contributed by atoms with Gasteiger partial charge in [-0.15, -0.1) is 0 Å². The highest BCUT2D eigenvalue weighted by molar-refractivity contribution is 8.16. The summed E-state index contributed by atoms with van der Waals surface area (Å²) < 4.78 is 46.1. The molecule has 2 aliphatic heterocycles. The third kappa shape index (κ3) is 5.70. The molecule has 37 heavy (non-hydrogen) atoms. The summed E-state index contributed by atoms with van der Waals surface area (Å²) in [5, 5.41) is 7.56. The number of amides is 1. The lowest BCUT2D eigenvalue weighted by atomic mass is 10.1. The average Bonchev–Trinajstić information content (AvgIpc) is 3.32. The van der Waals surface area contributed by atoms with Crippen LogP contribution in [0.4, 0.5) is 0 Å². The third-order valence-corrected chi connectivity index (χ3v) is 8.29. The molecule has 10 nitrogen and oxygen atoms in total. The van der Waals surface area contributed by atoms with Gasteiger partial charge < -0.3 is 14.2 Å². The highest BCUT2D eigenvalue weighted by Gasteiger charge is 2.43. The lowest BCUT2D eigenvalue weighted by Gasteiger charge is -2.25. The molecule has 0 fully saturated rings. The van der Waals surface area contributed by atoms with Gasteiger partial charge in [0.15, 0.2) is 11.5 Å². The molecule has 2 aromatic rings. The number of aliphatic imine (C=N–C) groups is 1. The number of rotatable bonds is 9. The number of sulfone groups is 1. The Bertz CT molecular complexity index is 1400. The van der Waals surface area contributed by atoms with Gasteiger partial charge in [0.25, 0.3) is 5.91 Å². The van der Waals surface area contributed by atoms with Gasteiger partial charge in [0.1, 0.15) is 11.6 Å². The highest BCUT2D eigenvalue weighted by Crippen LogP contribution is 2.31. The van der Waals surface area contributed by atoms with Crippen molar-refractivity contribution in [2.24, 2.45) is 9.39 Å². The monoisotopic (exact) mass is 542 g/mol. The van der Waals surface area contributed by atoms with Gasteiger partial charge in [-0.1, -0.05) is 24.3 Å². The molecule has 4 rings (SSSR count). The summed E-state index contributed by atoms with van der Waals surface area (Å²) in [6.45, 7) is 3.97. The first-order chi connectivity index (χ1) is 17.7. The van der Waals surface area contributed by atoms with E-state index < -0.39 is 21.0 Å². The zero-order chi connectivity index (χ0) is 26.6. The summed E-state index contributed by atoms with van der Waals surface area (Å²) in [6.07, 6.45) is 2.16. The summed E-state index contributed by atoms with van der Waals surface area (Å²) in [6, 6.07) is 14.4. The number of benzene rings is 2. The van der Waals surface area contributed by atoms with Crippen molar-refractivity contribution < 1.29 is 27.4 Å². The SMILES string of the molecule is COc1ccccc1OCCCOc1ccc(/C=C2/C(=N)N3C(=NC2=O)SN=C3S(=O)(=O)C(C)C)cc1. The summed E-state index contributed by atoms with van der Waals surface area (Å²) in [5.74, 6) is 1.08. The second-order valence-corrected chi connectivity index (χ2v) is 11.4. The molecule has 12 heteroatoms. The lowest BCUT2D eigenvalue weighted by Crippen LogP contribution is -2.46. The van der Waals surface area contributed by atoms with Crippen molar-refractivity contribution in [3.8, 4) is 17.2 Å². The van der Waals surface area contributed by atoms with Crippen LogP contribution in [0, 0.1) is 5.41 Å². The molecule has 1 amide bonds. The molecular weight excluding hydrogens is 516 g/mol. The maximum atomic E-state index is 12.7. The van der Waals surface area contributed by atoms with E-state index in [1.165, 1.54) is 19.9 Å². The van der Waals surface area contributed by atoms with Gasteiger partial charge in [-0.05, 0) is 49.8 Å². The van der Waals surface area contributed by atoms with Crippen molar-refractivity contribution in [3.63, 3.8) is 0 Å². The highest BCUT2D eigenvalue weighted by atomic mass is 32.2. The zero-order valence-corrected chi connectivity index (χ0v) is 22.1. The Morgan fingerprint density at radius 3 is 2.41 bits per heavy atom. The molecule has 0 spiro atoms. The fraction of sp³-hybridized carbons (Fsp3) is 0.280. The lowest BCUT2D eigenvalue weighted by molar-refractivity contribution is -0.114. The number of hydrogen-bond donors (Lipinski definition) is 1. The number of fused-ring (bicyclic) bond motifs is 1. The van der Waals surface area contributed by atoms with Gasteiger partial charge >= 0.3 is 0 Å². The van der Waals surface area contributed by atoms with Crippen LogP contribution in [0.25, 0.3) is 6.08 Å². The molecular formula is C25H26N4O6S2. The Morgan fingerprint density at radius 1 is 1.05 bits per heavy atom. The molecule has 0 aliphatic carbocycles. The second kappa shape index (κ2) is 11.2. The topological polar surface area (TPSA) is 131 Å². The molecule has 2 heterocycles. The number of para-hydroxylation sites is 2. The van der Waals surface area contributed by atoms with Gasteiger partial charge in [0.2, 0.25) is 20.2 Å². The van der Waals surface area contributed by atoms with Crippen LogP contribution in [0.15, 0.2) is 63.5 Å². The number of carbonyl (C=O) groups is 1. The van der Waals surface area contributed by atoms with E-state index in [9.17, 15) is 13.2 Å². The molecule has 2 aromatic carbocycles. The van der Waals surface area contributed by atoms with Crippen molar-refractivity contribution in [2.75, 3.05) is 20.3 Å². The van der Waals surface area contributed by atoms with Crippen molar-refractivity contribution >= 4 is 49.9 Å². The normalized spacial score (nSPS) is 16.5. The maximum Gasteiger partial charge on any atom is 0.283 e. The van der Waals surface area contributed by atoms with Crippen LogP contribution in [-0.2, 0) is 14.6 Å². The minimum absolute atomic E-state index is 0.0277. The molecule has 0 aromatic heterocycles. The van der Waals surface area contributed by atoms with E-state index in [-0.39, 0.29) is 21.7 Å². The first kappa shape index (κ1) is 26.4. The largest absolute Gasteiger partial charge is 0.493 e. The Hall–Kier alpha value is -3.64. The number of methoxy groups -OCH3 is 1.